The monoisotopic (exact) mass is 516 g/mol. The lowest BCUT2D eigenvalue weighted by atomic mass is 9.76. The molecule has 0 spiro atoms. The van der Waals surface area contributed by atoms with E-state index in [0.717, 1.165) is 32.1 Å². The number of carbonyl (C=O) groups is 2. The van der Waals surface area contributed by atoms with Gasteiger partial charge in [-0.1, -0.05) is 12.8 Å². The SMILES string of the molecule is COc1cc(CO)cc2c1O[C@@H]1[C@@H](O)[C@H](N(C(=O)C3CCCO3)C3CCCC3)C=C(C(=O)NCCO)[C@H]21. The number of nitrogens with one attached hydrogen (secondary N) is 1. The van der Waals surface area contributed by atoms with Crippen LogP contribution in [-0.2, 0) is 20.9 Å². The Bertz CT molecular complexity index is 1050. The molecule has 202 valence electrons. The number of ether oxygens (including phenoxy) is 3. The Morgan fingerprint density at radius 2 is 1.95 bits per heavy atom. The van der Waals surface area contributed by atoms with Gasteiger partial charge in [-0.05, 0) is 49.5 Å². The van der Waals surface area contributed by atoms with E-state index in [1.165, 1.54) is 7.11 Å². The zero-order valence-electron chi connectivity index (χ0n) is 21.1. The van der Waals surface area contributed by atoms with E-state index in [9.17, 15) is 24.9 Å². The molecule has 4 N–H and O–H groups in total. The van der Waals surface area contributed by atoms with E-state index in [-0.39, 0.29) is 31.7 Å². The summed E-state index contributed by atoms with van der Waals surface area (Å²) in [6.45, 7) is 0.145. The average molecular weight is 517 g/mol. The van der Waals surface area contributed by atoms with Crippen LogP contribution in [0.15, 0.2) is 23.8 Å². The van der Waals surface area contributed by atoms with Gasteiger partial charge in [-0.2, -0.15) is 0 Å². The first-order chi connectivity index (χ1) is 18.0. The summed E-state index contributed by atoms with van der Waals surface area (Å²) in [5.74, 6) is -0.384. The Kier molecular flexibility index (Phi) is 7.71. The third-order valence-electron chi connectivity index (χ3n) is 7.99. The van der Waals surface area contributed by atoms with Crippen LogP contribution in [0, 0.1) is 0 Å². The zero-order chi connectivity index (χ0) is 26.1. The highest BCUT2D eigenvalue weighted by Gasteiger charge is 2.53. The quantitative estimate of drug-likeness (QED) is 0.398. The summed E-state index contributed by atoms with van der Waals surface area (Å²) < 4.78 is 17.5. The second-order valence-corrected chi connectivity index (χ2v) is 10.2. The molecule has 4 aliphatic rings. The fourth-order valence-corrected chi connectivity index (χ4v) is 6.28. The van der Waals surface area contributed by atoms with Crippen LogP contribution in [0.3, 0.4) is 0 Å². The molecular weight excluding hydrogens is 480 g/mol. The van der Waals surface area contributed by atoms with Crippen molar-refractivity contribution in [3.8, 4) is 11.5 Å². The van der Waals surface area contributed by atoms with Crippen molar-refractivity contribution in [2.75, 3.05) is 26.9 Å². The molecule has 1 saturated carbocycles. The average Bonchev–Trinajstić information content (AvgIpc) is 3.69. The van der Waals surface area contributed by atoms with E-state index >= 15 is 0 Å². The summed E-state index contributed by atoms with van der Waals surface area (Å²) >= 11 is 0. The van der Waals surface area contributed by atoms with Gasteiger partial charge in [0, 0.05) is 30.3 Å². The summed E-state index contributed by atoms with van der Waals surface area (Å²) in [4.78, 5) is 28.9. The molecule has 2 fully saturated rings. The van der Waals surface area contributed by atoms with Crippen LogP contribution in [0.2, 0.25) is 0 Å². The number of benzene rings is 1. The van der Waals surface area contributed by atoms with Crippen LogP contribution in [0.1, 0.15) is 55.6 Å². The number of hydrogen-bond acceptors (Lipinski definition) is 8. The highest BCUT2D eigenvalue weighted by molar-refractivity contribution is 5.96. The molecule has 10 heteroatoms. The second kappa shape index (κ2) is 11.0. The number of hydrogen-bond donors (Lipinski definition) is 4. The first-order valence-electron chi connectivity index (χ1n) is 13.2. The van der Waals surface area contributed by atoms with Gasteiger partial charge in [0.2, 0.25) is 5.91 Å². The van der Waals surface area contributed by atoms with Crippen LogP contribution in [0.4, 0.5) is 0 Å². The summed E-state index contributed by atoms with van der Waals surface area (Å²) in [5, 5.41) is 33.6. The number of carbonyl (C=O) groups excluding carboxylic acids is 2. The van der Waals surface area contributed by atoms with E-state index < -0.39 is 36.2 Å². The molecule has 1 saturated heterocycles. The van der Waals surface area contributed by atoms with E-state index in [2.05, 4.69) is 5.32 Å². The Balaban J connectivity index is 1.59. The van der Waals surface area contributed by atoms with Crippen molar-refractivity contribution in [2.24, 2.45) is 0 Å². The smallest absolute Gasteiger partial charge is 0.252 e. The van der Waals surface area contributed by atoms with E-state index in [4.69, 9.17) is 14.2 Å². The minimum atomic E-state index is -1.11. The number of amides is 2. The summed E-state index contributed by atoms with van der Waals surface area (Å²) in [7, 11) is 1.49. The highest BCUT2D eigenvalue weighted by Crippen LogP contribution is 2.51. The normalized spacial score (nSPS) is 28.8. The fraction of sp³-hybridized carbons (Fsp3) is 0.630. The molecular formula is C27H36N2O8. The van der Waals surface area contributed by atoms with E-state index in [1.54, 1.807) is 23.1 Å². The molecule has 1 unspecified atom stereocenters. The van der Waals surface area contributed by atoms with Gasteiger partial charge in [-0.3, -0.25) is 9.59 Å². The van der Waals surface area contributed by atoms with Crippen molar-refractivity contribution < 1.29 is 39.1 Å². The maximum absolute atomic E-state index is 13.8. The molecule has 37 heavy (non-hydrogen) atoms. The van der Waals surface area contributed by atoms with E-state index in [0.29, 0.717) is 41.2 Å². The minimum Gasteiger partial charge on any atom is -0.493 e. The van der Waals surface area contributed by atoms with Crippen LogP contribution in [0.25, 0.3) is 0 Å². The Morgan fingerprint density at radius 3 is 2.59 bits per heavy atom. The lowest BCUT2D eigenvalue weighted by Gasteiger charge is -2.44. The van der Waals surface area contributed by atoms with Crippen molar-refractivity contribution in [3.05, 3.63) is 34.9 Å². The number of methoxy groups -OCH3 is 1. The number of rotatable bonds is 8. The fourth-order valence-electron chi connectivity index (χ4n) is 6.28. The maximum atomic E-state index is 13.8. The van der Waals surface area contributed by atoms with Crippen LogP contribution < -0.4 is 14.8 Å². The van der Waals surface area contributed by atoms with Gasteiger partial charge < -0.3 is 39.7 Å². The van der Waals surface area contributed by atoms with Crippen LogP contribution >= 0.6 is 0 Å². The molecule has 1 aromatic rings. The number of aliphatic hydroxyl groups excluding tert-OH is 3. The van der Waals surface area contributed by atoms with Crippen molar-refractivity contribution in [2.45, 2.75) is 81.4 Å². The molecule has 0 bridgehead atoms. The number of nitrogens with zero attached hydrogens (tertiary/aromatic N) is 1. The molecule has 2 aliphatic heterocycles. The Labute approximate surface area is 216 Å². The number of fused-ring (bicyclic) bond motifs is 3. The Hall–Kier alpha value is -2.66. The van der Waals surface area contributed by atoms with Gasteiger partial charge in [0.25, 0.3) is 5.91 Å². The molecule has 2 heterocycles. The largest absolute Gasteiger partial charge is 0.493 e. The third kappa shape index (κ3) is 4.71. The molecule has 0 aromatic heterocycles. The molecule has 10 nitrogen and oxygen atoms in total. The topological polar surface area (TPSA) is 138 Å². The summed E-state index contributed by atoms with van der Waals surface area (Å²) in [6.07, 6.45) is 4.26. The van der Waals surface area contributed by atoms with Gasteiger partial charge in [-0.25, -0.2) is 0 Å². The van der Waals surface area contributed by atoms with Crippen LogP contribution in [-0.4, -0.2) is 89.3 Å². The summed E-state index contributed by atoms with van der Waals surface area (Å²) in [6, 6.07) is 2.58. The predicted octanol–water partition coefficient (Wildman–Crippen LogP) is 0.760. The van der Waals surface area contributed by atoms with Gasteiger partial charge in [0.05, 0.1) is 32.3 Å². The van der Waals surface area contributed by atoms with Crippen molar-refractivity contribution in [3.63, 3.8) is 0 Å². The van der Waals surface area contributed by atoms with Gasteiger partial charge in [0.1, 0.15) is 18.3 Å². The first-order valence-corrected chi connectivity index (χ1v) is 13.2. The molecule has 0 radical (unpaired) electrons. The zero-order valence-corrected chi connectivity index (χ0v) is 21.1. The molecule has 1 aromatic carbocycles. The first kappa shape index (κ1) is 26.0. The molecule has 2 amide bonds. The van der Waals surface area contributed by atoms with E-state index in [1.807, 2.05) is 0 Å². The molecule has 5 atom stereocenters. The third-order valence-corrected chi connectivity index (χ3v) is 7.99. The maximum Gasteiger partial charge on any atom is 0.252 e. The molecule has 5 rings (SSSR count). The predicted molar refractivity (Wildman–Crippen MR) is 132 cm³/mol. The van der Waals surface area contributed by atoms with Crippen molar-refractivity contribution >= 4 is 11.8 Å². The molecule has 2 aliphatic carbocycles. The standard InChI is InChI=1S/C27H36N2O8/c1-35-21-12-15(14-31)11-17-22-18(26(33)28-8-9-30)13-19(23(32)25(22)37-24(17)21)29(16-5-2-3-6-16)27(34)20-7-4-10-36-20/h11-13,16,19-20,22-23,25,30-32H,2-10,14H2,1H3,(H,28,33)/t19-,20?,22+,23+,25+/m1/s1. The van der Waals surface area contributed by atoms with Crippen LogP contribution in [0.5, 0.6) is 11.5 Å². The van der Waals surface area contributed by atoms with Crippen molar-refractivity contribution in [1.82, 2.24) is 10.2 Å². The minimum absolute atomic E-state index is 0.0646. The summed E-state index contributed by atoms with van der Waals surface area (Å²) in [5.41, 5.74) is 1.58. The van der Waals surface area contributed by atoms with Gasteiger partial charge in [0.15, 0.2) is 11.5 Å². The Morgan fingerprint density at radius 1 is 1.16 bits per heavy atom. The highest BCUT2D eigenvalue weighted by atomic mass is 16.5. The van der Waals surface area contributed by atoms with Crippen molar-refractivity contribution in [1.29, 1.82) is 0 Å². The number of aliphatic hydroxyl groups is 3. The van der Waals surface area contributed by atoms with Gasteiger partial charge >= 0.3 is 0 Å². The van der Waals surface area contributed by atoms with Gasteiger partial charge in [-0.15, -0.1) is 0 Å². The lowest BCUT2D eigenvalue weighted by Crippen LogP contribution is -2.59. The second-order valence-electron chi connectivity index (χ2n) is 10.2. The lowest BCUT2D eigenvalue weighted by molar-refractivity contribution is -0.150.